The number of fused-ring (bicyclic) bond motifs is 1. The molecule has 1 amide bonds. The molecule has 1 aromatic heterocycles. The van der Waals surface area contributed by atoms with Crippen LogP contribution in [0.3, 0.4) is 0 Å². The van der Waals surface area contributed by atoms with Crippen molar-refractivity contribution >= 4 is 17.4 Å². The molecular weight excluding hydrogens is 296 g/mol. The van der Waals surface area contributed by atoms with Crippen LogP contribution in [0.25, 0.3) is 0 Å². The minimum atomic E-state index is -0.444. The van der Waals surface area contributed by atoms with Gasteiger partial charge in [-0.15, -0.1) is 11.3 Å². The van der Waals surface area contributed by atoms with Gasteiger partial charge < -0.3 is 15.4 Å². The Kier molecular flexibility index (Phi) is 5.87. The summed E-state index contributed by atoms with van der Waals surface area (Å²) >= 11 is 1.94. The van der Waals surface area contributed by atoms with E-state index in [1.54, 1.807) is 10.4 Å². The number of hydrogen-bond acceptors (Lipinski definition) is 4. The molecule has 2 rings (SSSR count). The van der Waals surface area contributed by atoms with Gasteiger partial charge in [-0.1, -0.05) is 0 Å². The van der Waals surface area contributed by atoms with Crippen LogP contribution in [0, 0.1) is 0 Å². The van der Waals surface area contributed by atoms with Gasteiger partial charge in [0.15, 0.2) is 0 Å². The van der Waals surface area contributed by atoms with Crippen molar-refractivity contribution in [1.82, 2.24) is 10.6 Å². The van der Waals surface area contributed by atoms with Crippen molar-refractivity contribution in [1.29, 1.82) is 0 Å². The zero-order chi connectivity index (χ0) is 16.2. The van der Waals surface area contributed by atoms with Crippen LogP contribution in [0.15, 0.2) is 6.07 Å². The van der Waals surface area contributed by atoms with Crippen molar-refractivity contribution in [2.45, 2.75) is 65.0 Å². The standard InChI is InChI=1S/C17H28N2O2S/c1-12(15-11-13-7-5-6-8-14(13)22-15)18-9-10-19-16(20)21-17(2,3)4/h11-12,18H,5-10H2,1-4H3,(H,19,20). The molecule has 22 heavy (non-hydrogen) atoms. The van der Waals surface area contributed by atoms with E-state index in [4.69, 9.17) is 4.74 Å². The van der Waals surface area contributed by atoms with Crippen LogP contribution in [0.2, 0.25) is 0 Å². The Morgan fingerprint density at radius 2 is 2.05 bits per heavy atom. The fraction of sp³-hybridized carbons (Fsp3) is 0.706. The highest BCUT2D eigenvalue weighted by molar-refractivity contribution is 7.12. The van der Waals surface area contributed by atoms with Crippen LogP contribution >= 0.6 is 11.3 Å². The van der Waals surface area contributed by atoms with Crippen molar-refractivity contribution in [2.24, 2.45) is 0 Å². The van der Waals surface area contributed by atoms with Gasteiger partial charge in [0.05, 0.1) is 0 Å². The quantitative estimate of drug-likeness (QED) is 0.810. The van der Waals surface area contributed by atoms with Gasteiger partial charge in [0, 0.05) is 28.9 Å². The molecule has 1 aliphatic rings. The number of aryl methyl sites for hydroxylation is 2. The average molecular weight is 324 g/mol. The van der Waals surface area contributed by atoms with E-state index >= 15 is 0 Å². The molecule has 1 unspecified atom stereocenters. The van der Waals surface area contributed by atoms with E-state index in [1.165, 1.54) is 30.6 Å². The molecule has 0 radical (unpaired) electrons. The number of thiophene rings is 1. The minimum absolute atomic E-state index is 0.330. The molecule has 0 aliphatic heterocycles. The fourth-order valence-electron chi connectivity index (χ4n) is 2.60. The Hall–Kier alpha value is -1.07. The summed E-state index contributed by atoms with van der Waals surface area (Å²) in [5.74, 6) is 0. The zero-order valence-electron chi connectivity index (χ0n) is 14.1. The van der Waals surface area contributed by atoms with Crippen molar-refractivity contribution < 1.29 is 9.53 Å². The van der Waals surface area contributed by atoms with E-state index in [-0.39, 0.29) is 6.09 Å². The minimum Gasteiger partial charge on any atom is -0.444 e. The fourth-order valence-corrected chi connectivity index (χ4v) is 3.88. The molecule has 0 saturated heterocycles. The second kappa shape index (κ2) is 7.47. The molecule has 0 spiro atoms. The van der Waals surface area contributed by atoms with Gasteiger partial charge in [-0.2, -0.15) is 0 Å². The van der Waals surface area contributed by atoms with Gasteiger partial charge in [-0.25, -0.2) is 4.79 Å². The van der Waals surface area contributed by atoms with Crippen LogP contribution in [0.1, 0.15) is 61.9 Å². The molecule has 0 bridgehead atoms. The van der Waals surface area contributed by atoms with Gasteiger partial charge in [0.25, 0.3) is 0 Å². The maximum atomic E-state index is 11.5. The zero-order valence-corrected chi connectivity index (χ0v) is 14.9. The maximum Gasteiger partial charge on any atom is 0.407 e. The van der Waals surface area contributed by atoms with Crippen LogP contribution in [-0.2, 0) is 17.6 Å². The topological polar surface area (TPSA) is 50.4 Å². The Balaban J connectivity index is 1.70. The molecule has 4 nitrogen and oxygen atoms in total. The normalized spacial score (nSPS) is 16.0. The Morgan fingerprint density at radius 3 is 2.73 bits per heavy atom. The molecular formula is C17H28N2O2S. The summed E-state index contributed by atoms with van der Waals surface area (Å²) in [5, 5.41) is 6.24. The van der Waals surface area contributed by atoms with Crippen LogP contribution in [0.4, 0.5) is 4.79 Å². The highest BCUT2D eigenvalue weighted by atomic mass is 32.1. The predicted octanol–water partition coefficient (Wildman–Crippen LogP) is 3.80. The lowest BCUT2D eigenvalue weighted by Crippen LogP contribution is -2.36. The summed E-state index contributed by atoms with van der Waals surface area (Å²) in [4.78, 5) is 14.5. The molecule has 1 aromatic rings. The Labute approximate surface area is 137 Å². The number of nitrogens with one attached hydrogen (secondary N) is 2. The molecule has 2 N–H and O–H groups in total. The first-order valence-corrected chi connectivity index (χ1v) is 8.98. The SMILES string of the molecule is CC(NCCNC(=O)OC(C)(C)C)c1cc2c(s1)CCCC2. The van der Waals surface area contributed by atoms with E-state index in [0.29, 0.717) is 12.6 Å². The third-order valence-corrected chi connectivity index (χ3v) is 5.11. The number of ether oxygens (including phenoxy) is 1. The van der Waals surface area contributed by atoms with Gasteiger partial charge in [0.2, 0.25) is 0 Å². The number of carbonyl (C=O) groups excluding carboxylic acids is 1. The summed E-state index contributed by atoms with van der Waals surface area (Å²) in [6.07, 6.45) is 4.78. The maximum absolute atomic E-state index is 11.5. The van der Waals surface area contributed by atoms with Crippen molar-refractivity contribution in [3.05, 3.63) is 21.4 Å². The average Bonchev–Trinajstić information content (AvgIpc) is 2.85. The lowest BCUT2D eigenvalue weighted by Gasteiger charge is -2.20. The summed E-state index contributed by atoms with van der Waals surface area (Å²) in [6, 6.07) is 2.69. The van der Waals surface area contributed by atoms with Crippen molar-refractivity contribution in [2.75, 3.05) is 13.1 Å². The van der Waals surface area contributed by atoms with Gasteiger partial charge in [-0.05, 0) is 65.0 Å². The van der Waals surface area contributed by atoms with Crippen LogP contribution in [0.5, 0.6) is 0 Å². The summed E-state index contributed by atoms with van der Waals surface area (Å²) in [5.41, 5.74) is 1.10. The Bertz CT molecular complexity index is 482. The number of rotatable bonds is 5. The first-order valence-electron chi connectivity index (χ1n) is 8.17. The molecule has 0 aromatic carbocycles. The summed E-state index contributed by atoms with van der Waals surface area (Å²) in [7, 11) is 0. The Morgan fingerprint density at radius 1 is 1.32 bits per heavy atom. The molecule has 5 heteroatoms. The third kappa shape index (κ3) is 5.29. The number of amides is 1. The van der Waals surface area contributed by atoms with E-state index < -0.39 is 5.60 Å². The monoisotopic (exact) mass is 324 g/mol. The third-order valence-electron chi connectivity index (χ3n) is 3.69. The first-order chi connectivity index (χ1) is 10.3. The lowest BCUT2D eigenvalue weighted by atomic mass is 9.99. The van der Waals surface area contributed by atoms with Gasteiger partial charge in [-0.3, -0.25) is 0 Å². The summed E-state index contributed by atoms with van der Waals surface area (Å²) in [6.45, 7) is 9.10. The molecule has 1 heterocycles. The highest BCUT2D eigenvalue weighted by Crippen LogP contribution is 2.32. The van der Waals surface area contributed by atoms with E-state index in [9.17, 15) is 4.79 Å². The first kappa shape index (κ1) is 17.3. The molecule has 0 saturated carbocycles. The second-order valence-corrected chi connectivity index (χ2v) is 8.08. The number of carbonyl (C=O) groups is 1. The second-order valence-electron chi connectivity index (χ2n) is 6.91. The largest absolute Gasteiger partial charge is 0.444 e. The van der Waals surface area contributed by atoms with Gasteiger partial charge >= 0.3 is 6.09 Å². The molecule has 1 atom stereocenters. The number of alkyl carbamates (subject to hydrolysis) is 1. The van der Waals surface area contributed by atoms with E-state index in [1.807, 2.05) is 32.1 Å². The predicted molar refractivity (Wildman–Crippen MR) is 91.6 cm³/mol. The lowest BCUT2D eigenvalue weighted by molar-refractivity contribution is 0.0528. The molecule has 0 fully saturated rings. The van der Waals surface area contributed by atoms with Crippen LogP contribution in [-0.4, -0.2) is 24.8 Å². The van der Waals surface area contributed by atoms with E-state index in [0.717, 1.165) is 6.54 Å². The highest BCUT2D eigenvalue weighted by Gasteiger charge is 2.17. The van der Waals surface area contributed by atoms with Crippen molar-refractivity contribution in [3.8, 4) is 0 Å². The van der Waals surface area contributed by atoms with Gasteiger partial charge in [0.1, 0.15) is 5.60 Å². The summed E-state index contributed by atoms with van der Waals surface area (Å²) < 4.78 is 5.21. The van der Waals surface area contributed by atoms with E-state index in [2.05, 4.69) is 23.6 Å². The smallest absolute Gasteiger partial charge is 0.407 e. The number of hydrogen-bond donors (Lipinski definition) is 2. The van der Waals surface area contributed by atoms with Crippen molar-refractivity contribution in [3.63, 3.8) is 0 Å². The molecule has 1 aliphatic carbocycles. The molecule has 124 valence electrons. The van der Waals surface area contributed by atoms with Crippen LogP contribution < -0.4 is 10.6 Å².